The molecule has 4 heteroatoms. The minimum atomic E-state index is -0.859. The van der Waals surface area contributed by atoms with Crippen molar-refractivity contribution in [2.75, 3.05) is 0 Å². The molecule has 0 radical (unpaired) electrons. The lowest BCUT2D eigenvalue weighted by Crippen LogP contribution is -1.96. The Hall–Kier alpha value is -2.75. The summed E-state index contributed by atoms with van der Waals surface area (Å²) in [5.74, 6) is -1.71. The van der Waals surface area contributed by atoms with Crippen LogP contribution in [0.5, 0.6) is 0 Å². The molecule has 4 aromatic rings. The molecule has 0 saturated carbocycles. The lowest BCUT2D eigenvalue weighted by molar-refractivity contribution is 0.508. The molecule has 2 nitrogen and oxygen atoms in total. The molecule has 0 aliphatic rings. The maximum Gasteiger partial charge on any atom is 0.160 e. The van der Waals surface area contributed by atoms with Crippen LogP contribution in [-0.2, 0) is 0 Å². The lowest BCUT2D eigenvalue weighted by atomic mass is 10.2. The van der Waals surface area contributed by atoms with E-state index < -0.39 is 11.6 Å². The van der Waals surface area contributed by atoms with Gasteiger partial charge < -0.3 is 4.57 Å². The Bertz CT molecular complexity index is 920. The quantitative estimate of drug-likeness (QED) is 0.503. The van der Waals surface area contributed by atoms with E-state index in [-0.39, 0.29) is 0 Å². The van der Waals surface area contributed by atoms with E-state index in [0.29, 0.717) is 5.69 Å². The Morgan fingerprint density at radius 2 is 1.62 bits per heavy atom. The highest BCUT2D eigenvalue weighted by Crippen LogP contribution is 2.30. The van der Waals surface area contributed by atoms with Crippen LogP contribution in [0, 0.1) is 11.6 Å². The number of hydrogen-bond acceptors (Lipinski definition) is 1. The second-order valence-electron chi connectivity index (χ2n) is 4.82. The van der Waals surface area contributed by atoms with Crippen molar-refractivity contribution >= 4 is 21.9 Å². The van der Waals surface area contributed by atoms with Crippen molar-refractivity contribution in [3.8, 4) is 5.69 Å². The summed E-state index contributed by atoms with van der Waals surface area (Å²) < 4.78 is 28.6. The number of halogens is 2. The van der Waals surface area contributed by atoms with E-state index in [1.165, 1.54) is 6.07 Å². The van der Waals surface area contributed by atoms with E-state index in [0.717, 1.165) is 28.0 Å². The first-order chi connectivity index (χ1) is 10.3. The van der Waals surface area contributed by atoms with Crippen molar-refractivity contribution < 1.29 is 8.78 Å². The molecule has 4 rings (SSSR count). The highest BCUT2D eigenvalue weighted by Gasteiger charge is 2.13. The zero-order chi connectivity index (χ0) is 14.4. The number of pyridine rings is 1. The van der Waals surface area contributed by atoms with Gasteiger partial charge in [0.15, 0.2) is 11.6 Å². The second-order valence-corrected chi connectivity index (χ2v) is 4.82. The molecule has 0 bridgehead atoms. The summed E-state index contributed by atoms with van der Waals surface area (Å²) >= 11 is 0. The minimum absolute atomic E-state index is 0.577. The molecule has 0 aliphatic heterocycles. The van der Waals surface area contributed by atoms with Gasteiger partial charge in [0.25, 0.3) is 0 Å². The van der Waals surface area contributed by atoms with E-state index in [9.17, 15) is 8.78 Å². The van der Waals surface area contributed by atoms with Gasteiger partial charge in [-0.25, -0.2) is 8.78 Å². The minimum Gasteiger partial charge on any atom is -0.308 e. The number of hydrogen-bond donors (Lipinski definition) is 0. The maximum absolute atomic E-state index is 13.6. The largest absolute Gasteiger partial charge is 0.308 e. The van der Waals surface area contributed by atoms with E-state index in [1.54, 1.807) is 12.3 Å². The third-order valence-corrected chi connectivity index (χ3v) is 3.59. The Morgan fingerprint density at radius 3 is 2.48 bits per heavy atom. The molecule has 0 unspecified atom stereocenters. The topological polar surface area (TPSA) is 17.8 Å². The standard InChI is InChI=1S/C17H10F2N2/c18-13-8-7-11(10-14(13)19)21-15-5-2-1-4-12(15)17-16(21)6-3-9-20-17/h1-10H. The van der Waals surface area contributed by atoms with Crippen LogP contribution in [0.4, 0.5) is 8.78 Å². The third-order valence-electron chi connectivity index (χ3n) is 3.59. The van der Waals surface area contributed by atoms with Gasteiger partial charge in [-0.15, -0.1) is 0 Å². The number of rotatable bonds is 1. The molecule has 2 aromatic carbocycles. The van der Waals surface area contributed by atoms with Crippen LogP contribution in [0.3, 0.4) is 0 Å². The van der Waals surface area contributed by atoms with Crippen molar-refractivity contribution in [2.24, 2.45) is 0 Å². The van der Waals surface area contributed by atoms with Crippen LogP contribution in [0.25, 0.3) is 27.6 Å². The van der Waals surface area contributed by atoms with Gasteiger partial charge in [-0.05, 0) is 30.3 Å². The molecule has 0 spiro atoms. The predicted molar refractivity (Wildman–Crippen MR) is 78.5 cm³/mol. The summed E-state index contributed by atoms with van der Waals surface area (Å²) in [7, 11) is 0. The van der Waals surface area contributed by atoms with Gasteiger partial charge in [0, 0.05) is 23.3 Å². The van der Waals surface area contributed by atoms with Gasteiger partial charge in [0.2, 0.25) is 0 Å². The van der Waals surface area contributed by atoms with E-state index >= 15 is 0 Å². The second kappa shape index (κ2) is 4.38. The Morgan fingerprint density at radius 1 is 0.810 bits per heavy atom. The first kappa shape index (κ1) is 12.0. The Labute approximate surface area is 119 Å². The van der Waals surface area contributed by atoms with Crippen LogP contribution in [0.2, 0.25) is 0 Å². The summed E-state index contributed by atoms with van der Waals surface area (Å²) in [4.78, 5) is 4.41. The van der Waals surface area contributed by atoms with Crippen LogP contribution < -0.4 is 0 Å². The van der Waals surface area contributed by atoms with Crippen LogP contribution in [-0.4, -0.2) is 9.55 Å². The molecule has 0 aliphatic carbocycles. The number of nitrogens with zero attached hydrogens (tertiary/aromatic N) is 2. The monoisotopic (exact) mass is 280 g/mol. The van der Waals surface area contributed by atoms with Crippen molar-refractivity contribution in [1.82, 2.24) is 9.55 Å². The van der Waals surface area contributed by atoms with Gasteiger partial charge in [-0.1, -0.05) is 18.2 Å². The summed E-state index contributed by atoms with van der Waals surface area (Å²) in [6, 6.07) is 15.4. The Kier molecular flexibility index (Phi) is 2.51. The zero-order valence-electron chi connectivity index (χ0n) is 10.9. The summed E-state index contributed by atoms with van der Waals surface area (Å²) in [5.41, 5.74) is 3.20. The number of benzene rings is 2. The van der Waals surface area contributed by atoms with E-state index in [1.807, 2.05) is 41.0 Å². The number of para-hydroxylation sites is 1. The summed E-state index contributed by atoms with van der Waals surface area (Å²) in [6.45, 7) is 0. The first-order valence-electron chi connectivity index (χ1n) is 6.55. The average molecular weight is 280 g/mol. The maximum atomic E-state index is 13.6. The van der Waals surface area contributed by atoms with Crippen molar-refractivity contribution in [1.29, 1.82) is 0 Å². The van der Waals surface area contributed by atoms with Crippen molar-refractivity contribution in [2.45, 2.75) is 0 Å². The van der Waals surface area contributed by atoms with Crippen LogP contribution in [0.15, 0.2) is 60.8 Å². The van der Waals surface area contributed by atoms with Gasteiger partial charge in [-0.2, -0.15) is 0 Å². The zero-order valence-corrected chi connectivity index (χ0v) is 10.9. The highest BCUT2D eigenvalue weighted by atomic mass is 19.2. The van der Waals surface area contributed by atoms with Gasteiger partial charge in [0.1, 0.15) is 0 Å². The molecule has 0 saturated heterocycles. The first-order valence-corrected chi connectivity index (χ1v) is 6.55. The fourth-order valence-electron chi connectivity index (χ4n) is 2.69. The smallest absolute Gasteiger partial charge is 0.160 e. The molecule has 2 heterocycles. The van der Waals surface area contributed by atoms with Crippen LogP contribution in [0.1, 0.15) is 0 Å². The fourth-order valence-corrected chi connectivity index (χ4v) is 2.69. The third kappa shape index (κ3) is 1.72. The molecule has 21 heavy (non-hydrogen) atoms. The molecule has 0 amide bonds. The van der Waals surface area contributed by atoms with Gasteiger partial charge in [-0.3, -0.25) is 4.98 Å². The molecular weight excluding hydrogens is 270 g/mol. The molecule has 2 aromatic heterocycles. The van der Waals surface area contributed by atoms with E-state index in [4.69, 9.17) is 0 Å². The number of fused-ring (bicyclic) bond motifs is 3. The van der Waals surface area contributed by atoms with Crippen LogP contribution >= 0.6 is 0 Å². The molecule has 0 atom stereocenters. The summed E-state index contributed by atoms with van der Waals surface area (Å²) in [5, 5.41) is 0.984. The fraction of sp³-hybridized carbons (Fsp3) is 0. The lowest BCUT2D eigenvalue weighted by Gasteiger charge is -2.07. The Balaban J connectivity index is 2.17. The SMILES string of the molecule is Fc1ccc(-n2c3ccccc3c3ncccc32)cc1F. The van der Waals surface area contributed by atoms with Crippen molar-refractivity contribution in [3.05, 3.63) is 72.4 Å². The molecular formula is C17H10F2N2. The molecule has 0 N–H and O–H groups in total. The number of aromatic nitrogens is 2. The molecule has 102 valence electrons. The molecule has 0 fully saturated rings. The average Bonchev–Trinajstić information content (AvgIpc) is 2.85. The predicted octanol–water partition coefficient (Wildman–Crippen LogP) is 4.46. The van der Waals surface area contributed by atoms with Gasteiger partial charge in [0.05, 0.1) is 16.6 Å². The van der Waals surface area contributed by atoms with Gasteiger partial charge >= 0.3 is 0 Å². The summed E-state index contributed by atoms with van der Waals surface area (Å²) in [6.07, 6.45) is 1.73. The van der Waals surface area contributed by atoms with E-state index in [2.05, 4.69) is 4.98 Å². The normalized spacial score (nSPS) is 11.3. The van der Waals surface area contributed by atoms with Crippen molar-refractivity contribution in [3.63, 3.8) is 0 Å². The highest BCUT2D eigenvalue weighted by molar-refractivity contribution is 6.06.